The van der Waals surface area contributed by atoms with Gasteiger partial charge >= 0.3 is 5.97 Å². The van der Waals surface area contributed by atoms with Crippen LogP contribution in [0.1, 0.15) is 10.5 Å². The molecule has 0 aliphatic heterocycles. The molecule has 19 heavy (non-hydrogen) atoms. The number of hydrogen-bond acceptors (Lipinski definition) is 6. The van der Waals surface area contributed by atoms with E-state index in [1.165, 1.54) is 12.3 Å². The molecule has 0 fully saturated rings. The summed E-state index contributed by atoms with van der Waals surface area (Å²) in [6.07, 6.45) is 1.48. The van der Waals surface area contributed by atoms with E-state index in [4.69, 9.17) is 5.11 Å². The van der Waals surface area contributed by atoms with Crippen molar-refractivity contribution >= 4 is 48.9 Å². The highest BCUT2D eigenvalue weighted by molar-refractivity contribution is 9.10. The van der Waals surface area contributed by atoms with Crippen LogP contribution < -0.4 is 4.72 Å². The number of sulfonamides is 1. The Hall–Kier alpha value is -1.52. The van der Waals surface area contributed by atoms with Gasteiger partial charge in [0.15, 0.2) is 9.90 Å². The number of nitrogens with zero attached hydrogens (tertiary/aromatic N) is 2. The fourth-order valence-electron chi connectivity index (χ4n) is 1.22. The number of carboxylic acid groups (broad SMARTS) is 1. The van der Waals surface area contributed by atoms with E-state index >= 15 is 0 Å². The van der Waals surface area contributed by atoms with Crippen LogP contribution in [-0.4, -0.2) is 29.5 Å². The van der Waals surface area contributed by atoms with Crippen LogP contribution in [0.15, 0.2) is 32.7 Å². The number of carbonyl (C=O) groups is 1. The van der Waals surface area contributed by atoms with Crippen molar-refractivity contribution in [1.82, 2.24) is 9.97 Å². The topological polar surface area (TPSA) is 109 Å². The normalized spacial score (nSPS) is 11.2. The van der Waals surface area contributed by atoms with Crippen molar-refractivity contribution in [2.24, 2.45) is 0 Å². The van der Waals surface area contributed by atoms with E-state index in [1.54, 1.807) is 6.07 Å². The van der Waals surface area contributed by atoms with E-state index in [1.807, 2.05) is 0 Å². The first-order valence-corrected chi connectivity index (χ1v) is 7.87. The molecule has 2 heterocycles. The molecule has 0 spiro atoms. The lowest BCUT2D eigenvalue weighted by atomic mass is 10.4. The summed E-state index contributed by atoms with van der Waals surface area (Å²) in [6.45, 7) is 0. The molecule has 7 nitrogen and oxygen atoms in total. The second-order valence-electron chi connectivity index (χ2n) is 3.24. The van der Waals surface area contributed by atoms with Crippen LogP contribution in [-0.2, 0) is 10.0 Å². The van der Waals surface area contributed by atoms with E-state index in [0.717, 1.165) is 16.8 Å². The van der Waals surface area contributed by atoms with Gasteiger partial charge in [0.25, 0.3) is 10.0 Å². The first-order chi connectivity index (χ1) is 8.92. The van der Waals surface area contributed by atoms with Crippen molar-refractivity contribution in [2.45, 2.75) is 4.21 Å². The molecule has 0 atom stereocenters. The smallest absolute Gasteiger partial charge is 0.356 e. The molecule has 2 aromatic rings. The number of halogens is 1. The summed E-state index contributed by atoms with van der Waals surface area (Å²) in [5.41, 5.74) is 0.876. The van der Waals surface area contributed by atoms with Crippen LogP contribution >= 0.6 is 27.3 Å². The Kier molecular flexibility index (Phi) is 3.83. The quantitative estimate of drug-likeness (QED) is 0.801. The molecule has 2 rings (SSSR count). The van der Waals surface area contributed by atoms with Crippen LogP contribution in [0.2, 0.25) is 0 Å². The van der Waals surface area contributed by atoms with Crippen LogP contribution in [0, 0.1) is 0 Å². The molecule has 0 unspecified atom stereocenters. The zero-order valence-electron chi connectivity index (χ0n) is 9.07. The third kappa shape index (κ3) is 2.91. The van der Waals surface area contributed by atoms with Gasteiger partial charge < -0.3 is 5.11 Å². The van der Waals surface area contributed by atoms with Crippen LogP contribution in [0.5, 0.6) is 0 Å². The molecule has 0 amide bonds. The van der Waals surface area contributed by atoms with Crippen LogP contribution in [0.25, 0.3) is 0 Å². The summed E-state index contributed by atoms with van der Waals surface area (Å²) in [6, 6.07) is 3.05. The van der Waals surface area contributed by atoms with Crippen LogP contribution in [0.4, 0.5) is 5.69 Å². The number of aromatic nitrogens is 2. The molecular formula is C9H6BrN3O4S2. The molecule has 0 aliphatic carbocycles. The molecule has 0 bridgehead atoms. The highest BCUT2D eigenvalue weighted by Crippen LogP contribution is 2.26. The van der Waals surface area contributed by atoms with Gasteiger partial charge in [0.2, 0.25) is 0 Å². The monoisotopic (exact) mass is 363 g/mol. The number of rotatable bonds is 4. The number of anilines is 1. The highest BCUT2D eigenvalue weighted by Gasteiger charge is 2.26. The van der Waals surface area contributed by atoms with E-state index in [9.17, 15) is 13.2 Å². The van der Waals surface area contributed by atoms with Gasteiger partial charge in [-0.25, -0.2) is 23.2 Å². The minimum absolute atomic E-state index is 0.215. The fourth-order valence-corrected chi connectivity index (χ4v) is 3.91. The first-order valence-electron chi connectivity index (χ1n) is 4.72. The number of nitrogens with one attached hydrogen (secondary N) is 1. The summed E-state index contributed by atoms with van der Waals surface area (Å²) in [5.74, 6) is -1.40. The Morgan fingerprint density at radius 1 is 1.42 bits per heavy atom. The molecule has 2 aromatic heterocycles. The summed E-state index contributed by atoms with van der Waals surface area (Å²) >= 11 is 3.82. The third-order valence-electron chi connectivity index (χ3n) is 1.98. The molecular weight excluding hydrogens is 358 g/mol. The summed E-state index contributed by atoms with van der Waals surface area (Å²) in [7, 11) is -4.01. The predicted molar refractivity (Wildman–Crippen MR) is 71.8 cm³/mol. The highest BCUT2D eigenvalue weighted by atomic mass is 79.9. The second-order valence-corrected chi connectivity index (χ2v) is 6.72. The van der Waals surface area contributed by atoms with Crippen molar-refractivity contribution in [3.63, 3.8) is 0 Å². The summed E-state index contributed by atoms with van der Waals surface area (Å²) < 4.78 is 26.4. The van der Waals surface area contributed by atoms with Gasteiger partial charge in [-0.2, -0.15) is 0 Å². The Balaban J connectivity index is 2.41. The third-order valence-corrected chi connectivity index (χ3v) is 5.35. The summed E-state index contributed by atoms with van der Waals surface area (Å²) in [5, 5.41) is 8.87. The number of carboxylic acids is 1. The van der Waals surface area contributed by atoms with Crippen molar-refractivity contribution in [3.8, 4) is 0 Å². The van der Waals surface area contributed by atoms with Gasteiger partial charge in [-0.05, 0) is 28.1 Å². The van der Waals surface area contributed by atoms with Gasteiger partial charge in [-0.1, -0.05) is 0 Å². The van der Waals surface area contributed by atoms with Crippen molar-refractivity contribution in [3.05, 3.63) is 34.1 Å². The molecule has 0 aliphatic rings. The van der Waals surface area contributed by atoms with Gasteiger partial charge in [-0.15, -0.1) is 11.3 Å². The number of aromatic carboxylic acids is 1. The average Bonchev–Trinajstić information content (AvgIpc) is 2.82. The van der Waals surface area contributed by atoms with E-state index in [0.29, 0.717) is 4.60 Å². The van der Waals surface area contributed by atoms with Crippen molar-refractivity contribution < 1.29 is 18.3 Å². The molecule has 0 radical (unpaired) electrons. The maximum absolute atomic E-state index is 12.1. The molecule has 0 saturated carbocycles. The van der Waals surface area contributed by atoms with Gasteiger partial charge in [-0.3, -0.25) is 4.72 Å². The fraction of sp³-hybridized carbons (Fsp3) is 0. The number of hydrogen-bond donors (Lipinski definition) is 2. The van der Waals surface area contributed by atoms with Gasteiger partial charge in [0.1, 0.15) is 4.60 Å². The minimum atomic E-state index is -4.01. The Bertz CT molecular complexity index is 729. The Morgan fingerprint density at radius 3 is 2.79 bits per heavy atom. The average molecular weight is 364 g/mol. The SMILES string of the molecule is O=C(O)c1ncsc1S(=O)(=O)Nc1cccnc1Br. The molecule has 2 N–H and O–H groups in total. The first kappa shape index (κ1) is 13.9. The van der Waals surface area contributed by atoms with Crippen LogP contribution in [0.3, 0.4) is 0 Å². The zero-order valence-corrected chi connectivity index (χ0v) is 12.3. The lowest BCUT2D eigenvalue weighted by molar-refractivity contribution is 0.0687. The standard InChI is InChI=1S/C9H6BrN3O4S2/c10-7-5(2-1-3-11-7)13-19(16,17)9-6(8(14)15)12-4-18-9/h1-4,13H,(H,14,15). The largest absolute Gasteiger partial charge is 0.476 e. The van der Waals surface area contributed by atoms with E-state index in [2.05, 4.69) is 30.6 Å². The Morgan fingerprint density at radius 2 is 2.16 bits per heavy atom. The van der Waals surface area contributed by atoms with E-state index < -0.39 is 21.7 Å². The zero-order chi connectivity index (χ0) is 14.0. The lowest BCUT2D eigenvalue weighted by Gasteiger charge is -2.07. The second kappa shape index (κ2) is 5.23. The molecule has 0 aromatic carbocycles. The Labute approximate surface area is 120 Å². The number of thiazole rings is 1. The summed E-state index contributed by atoms with van der Waals surface area (Å²) in [4.78, 5) is 18.3. The molecule has 100 valence electrons. The van der Waals surface area contributed by atoms with Gasteiger partial charge in [0, 0.05) is 6.20 Å². The van der Waals surface area contributed by atoms with Crippen molar-refractivity contribution in [2.75, 3.05) is 4.72 Å². The lowest BCUT2D eigenvalue weighted by Crippen LogP contribution is -2.15. The van der Waals surface area contributed by atoms with Crippen molar-refractivity contribution in [1.29, 1.82) is 0 Å². The minimum Gasteiger partial charge on any atom is -0.476 e. The van der Waals surface area contributed by atoms with Gasteiger partial charge in [0.05, 0.1) is 11.2 Å². The maximum atomic E-state index is 12.1. The number of pyridine rings is 1. The van der Waals surface area contributed by atoms with E-state index in [-0.39, 0.29) is 9.90 Å². The molecule has 10 heteroatoms. The predicted octanol–water partition coefficient (Wildman–Crippen LogP) is 1.80. The molecule has 0 saturated heterocycles. The maximum Gasteiger partial charge on any atom is 0.356 e.